The van der Waals surface area contributed by atoms with Gasteiger partial charge in [-0.05, 0) is 18.4 Å². The van der Waals surface area contributed by atoms with E-state index in [0.717, 1.165) is 6.42 Å². The topological polar surface area (TPSA) is 77.4 Å². The lowest BCUT2D eigenvalue weighted by atomic mass is 10.1. The molecule has 1 heterocycles. The Balaban J connectivity index is 2.91. The summed E-state index contributed by atoms with van der Waals surface area (Å²) in [6, 6.07) is 1.28. The van der Waals surface area contributed by atoms with Gasteiger partial charge in [0.15, 0.2) is 0 Å². The molecule has 0 saturated heterocycles. The standard InChI is InChI=1S/C13H21ClN2O4S/c1-10(2)4-5-15-13(17)12-8-11(21(14,18)19)9-16(12)6-7-20-3/h8-10H,4-7H2,1-3H3,(H,15,17). The molecule has 0 radical (unpaired) electrons. The monoisotopic (exact) mass is 336 g/mol. The number of nitrogens with one attached hydrogen (secondary N) is 1. The van der Waals surface area contributed by atoms with Crippen LogP contribution in [-0.2, 0) is 20.3 Å². The van der Waals surface area contributed by atoms with E-state index in [1.165, 1.54) is 23.9 Å². The van der Waals surface area contributed by atoms with Crippen LogP contribution in [0.3, 0.4) is 0 Å². The van der Waals surface area contributed by atoms with Crippen molar-refractivity contribution in [2.24, 2.45) is 5.92 Å². The SMILES string of the molecule is COCCn1cc(S(=O)(=O)Cl)cc1C(=O)NCCC(C)C. The van der Waals surface area contributed by atoms with E-state index in [2.05, 4.69) is 19.2 Å². The predicted molar refractivity (Wildman–Crippen MR) is 81.1 cm³/mol. The first-order valence-corrected chi connectivity index (χ1v) is 8.98. The lowest BCUT2D eigenvalue weighted by Crippen LogP contribution is -2.27. The molecule has 0 atom stereocenters. The Bertz CT molecular complexity index is 581. The first kappa shape index (κ1) is 18.0. The van der Waals surface area contributed by atoms with E-state index < -0.39 is 9.05 Å². The summed E-state index contributed by atoms with van der Waals surface area (Å²) in [4.78, 5) is 12.1. The highest BCUT2D eigenvalue weighted by molar-refractivity contribution is 8.13. The van der Waals surface area contributed by atoms with E-state index >= 15 is 0 Å². The van der Waals surface area contributed by atoms with Crippen LogP contribution < -0.4 is 5.32 Å². The van der Waals surface area contributed by atoms with Gasteiger partial charge in [0.05, 0.1) is 6.61 Å². The molecular weight excluding hydrogens is 316 g/mol. The van der Waals surface area contributed by atoms with Crippen molar-refractivity contribution in [3.63, 3.8) is 0 Å². The largest absolute Gasteiger partial charge is 0.383 e. The molecule has 1 amide bonds. The predicted octanol–water partition coefficient (Wildman–Crippen LogP) is 1.84. The zero-order chi connectivity index (χ0) is 16.0. The Labute approximate surface area is 129 Å². The van der Waals surface area contributed by atoms with E-state index in [9.17, 15) is 13.2 Å². The van der Waals surface area contributed by atoms with Crippen molar-refractivity contribution in [1.82, 2.24) is 9.88 Å². The van der Waals surface area contributed by atoms with Crippen molar-refractivity contribution in [1.29, 1.82) is 0 Å². The van der Waals surface area contributed by atoms with Crippen LogP contribution in [0.5, 0.6) is 0 Å². The van der Waals surface area contributed by atoms with Gasteiger partial charge >= 0.3 is 0 Å². The van der Waals surface area contributed by atoms with Crippen LogP contribution in [0.1, 0.15) is 30.8 Å². The van der Waals surface area contributed by atoms with Gasteiger partial charge in [-0.15, -0.1) is 0 Å². The number of aromatic nitrogens is 1. The maximum atomic E-state index is 12.1. The Kier molecular flexibility index (Phi) is 6.70. The highest BCUT2D eigenvalue weighted by Crippen LogP contribution is 2.18. The Morgan fingerprint density at radius 2 is 2.14 bits per heavy atom. The second-order valence-electron chi connectivity index (χ2n) is 5.12. The van der Waals surface area contributed by atoms with Crippen LogP contribution in [0.25, 0.3) is 0 Å². The van der Waals surface area contributed by atoms with Gasteiger partial charge in [0.1, 0.15) is 10.6 Å². The maximum Gasteiger partial charge on any atom is 0.267 e. The van der Waals surface area contributed by atoms with Gasteiger partial charge in [-0.3, -0.25) is 4.79 Å². The molecule has 0 aliphatic heterocycles. The molecule has 0 fully saturated rings. The van der Waals surface area contributed by atoms with Gasteiger partial charge in [-0.2, -0.15) is 0 Å². The van der Waals surface area contributed by atoms with Gasteiger partial charge < -0.3 is 14.6 Å². The van der Waals surface area contributed by atoms with Crippen molar-refractivity contribution in [2.45, 2.75) is 31.7 Å². The van der Waals surface area contributed by atoms with Crippen molar-refractivity contribution < 1.29 is 17.9 Å². The molecule has 0 spiro atoms. The van der Waals surface area contributed by atoms with Gasteiger partial charge in [-0.25, -0.2) is 8.42 Å². The molecule has 8 heteroatoms. The Morgan fingerprint density at radius 3 is 2.67 bits per heavy atom. The van der Waals surface area contributed by atoms with E-state index in [-0.39, 0.29) is 16.5 Å². The first-order chi connectivity index (χ1) is 9.75. The number of hydrogen-bond acceptors (Lipinski definition) is 4. The minimum atomic E-state index is -3.87. The smallest absolute Gasteiger partial charge is 0.267 e. The number of rotatable bonds is 8. The molecule has 1 rings (SSSR count). The zero-order valence-electron chi connectivity index (χ0n) is 12.4. The molecule has 21 heavy (non-hydrogen) atoms. The highest BCUT2D eigenvalue weighted by Gasteiger charge is 2.19. The number of hydrogen-bond donors (Lipinski definition) is 1. The number of methoxy groups -OCH3 is 1. The lowest BCUT2D eigenvalue weighted by Gasteiger charge is -2.10. The third kappa shape index (κ3) is 5.68. The number of carbonyl (C=O) groups excluding carboxylic acids is 1. The van der Waals surface area contributed by atoms with Crippen LogP contribution in [0.2, 0.25) is 0 Å². The number of carbonyl (C=O) groups is 1. The molecular formula is C13H21ClN2O4S. The summed E-state index contributed by atoms with van der Waals surface area (Å²) >= 11 is 0. The third-order valence-electron chi connectivity index (χ3n) is 2.93. The number of amides is 1. The van der Waals surface area contributed by atoms with Crippen LogP contribution in [0.4, 0.5) is 0 Å². The summed E-state index contributed by atoms with van der Waals surface area (Å²) in [5, 5.41) is 2.77. The van der Waals surface area contributed by atoms with Crippen LogP contribution in [0.15, 0.2) is 17.2 Å². The molecule has 0 unspecified atom stereocenters. The van der Waals surface area contributed by atoms with Gasteiger partial charge in [0.25, 0.3) is 15.0 Å². The second-order valence-corrected chi connectivity index (χ2v) is 7.69. The molecule has 0 aliphatic carbocycles. The molecule has 0 saturated carbocycles. The Hall–Kier alpha value is -1.05. The minimum Gasteiger partial charge on any atom is -0.383 e. The first-order valence-electron chi connectivity index (χ1n) is 6.67. The molecule has 1 N–H and O–H groups in total. The summed E-state index contributed by atoms with van der Waals surface area (Å²) in [5.74, 6) is 0.155. The fourth-order valence-electron chi connectivity index (χ4n) is 1.75. The molecule has 0 bridgehead atoms. The maximum absolute atomic E-state index is 12.1. The fourth-order valence-corrected chi connectivity index (χ4v) is 2.51. The van der Waals surface area contributed by atoms with Crippen molar-refractivity contribution in [3.8, 4) is 0 Å². The number of halogens is 1. The van der Waals surface area contributed by atoms with Crippen molar-refractivity contribution in [2.75, 3.05) is 20.3 Å². The molecule has 120 valence electrons. The summed E-state index contributed by atoms with van der Waals surface area (Å²) in [6.45, 7) is 5.39. The lowest BCUT2D eigenvalue weighted by molar-refractivity contribution is 0.0940. The molecule has 0 aliphatic rings. The fraction of sp³-hybridized carbons (Fsp3) is 0.615. The quantitative estimate of drug-likeness (QED) is 0.735. The van der Waals surface area contributed by atoms with Crippen molar-refractivity contribution >= 4 is 25.6 Å². The summed E-state index contributed by atoms with van der Waals surface area (Å²) in [5.41, 5.74) is 0.259. The van der Waals surface area contributed by atoms with Crippen molar-refractivity contribution in [3.05, 3.63) is 18.0 Å². The van der Waals surface area contributed by atoms with E-state index in [1.54, 1.807) is 0 Å². The van der Waals surface area contributed by atoms with Crippen LogP contribution in [0, 0.1) is 5.92 Å². The van der Waals surface area contributed by atoms with Gasteiger partial charge in [0.2, 0.25) is 0 Å². The summed E-state index contributed by atoms with van der Waals surface area (Å²) in [6.07, 6.45) is 2.20. The third-order valence-corrected chi connectivity index (χ3v) is 4.25. The highest BCUT2D eigenvalue weighted by atomic mass is 35.7. The molecule has 0 aromatic carbocycles. The average Bonchev–Trinajstić information content (AvgIpc) is 2.79. The van der Waals surface area contributed by atoms with Gasteiger partial charge in [-0.1, -0.05) is 13.8 Å². The van der Waals surface area contributed by atoms with E-state index in [0.29, 0.717) is 25.6 Å². The van der Waals surface area contributed by atoms with E-state index in [4.69, 9.17) is 15.4 Å². The van der Waals surface area contributed by atoms with E-state index in [1.807, 2.05) is 0 Å². The molecule has 1 aromatic rings. The zero-order valence-corrected chi connectivity index (χ0v) is 14.0. The molecule has 1 aromatic heterocycles. The summed E-state index contributed by atoms with van der Waals surface area (Å²) < 4.78 is 29.3. The van der Waals surface area contributed by atoms with Crippen LogP contribution >= 0.6 is 10.7 Å². The number of nitrogens with zero attached hydrogens (tertiary/aromatic N) is 1. The van der Waals surface area contributed by atoms with Gasteiger partial charge in [0, 0.05) is 37.1 Å². The normalized spacial score (nSPS) is 11.9. The van der Waals surface area contributed by atoms with Crippen LogP contribution in [-0.4, -0.2) is 39.2 Å². The molecule has 6 nitrogen and oxygen atoms in total. The minimum absolute atomic E-state index is 0.0886. The summed E-state index contributed by atoms with van der Waals surface area (Å²) in [7, 11) is 2.99. The Morgan fingerprint density at radius 1 is 1.48 bits per heavy atom. The average molecular weight is 337 g/mol. The second kappa shape index (κ2) is 7.82. The number of ether oxygens (including phenoxy) is 1.